The molecule has 1 aromatic heterocycles. The van der Waals surface area contributed by atoms with Crippen molar-refractivity contribution in [1.82, 2.24) is 10.3 Å². The van der Waals surface area contributed by atoms with E-state index in [-0.39, 0.29) is 25.2 Å². The van der Waals surface area contributed by atoms with Gasteiger partial charge in [0.1, 0.15) is 18.1 Å². The number of pyridine rings is 1. The molecule has 26 heavy (non-hydrogen) atoms. The van der Waals surface area contributed by atoms with E-state index in [2.05, 4.69) is 10.3 Å². The largest absolute Gasteiger partial charge is 0.491 e. The van der Waals surface area contributed by atoms with Crippen LogP contribution in [-0.4, -0.2) is 35.3 Å². The van der Waals surface area contributed by atoms with Crippen molar-refractivity contribution in [2.45, 2.75) is 19.9 Å². The van der Waals surface area contributed by atoms with Crippen molar-refractivity contribution in [1.29, 1.82) is 0 Å². The molecule has 0 aliphatic carbocycles. The molecule has 0 unspecified atom stereocenters. The van der Waals surface area contributed by atoms with Gasteiger partial charge in [-0.05, 0) is 30.7 Å². The van der Waals surface area contributed by atoms with Crippen LogP contribution in [0.15, 0.2) is 42.6 Å². The molecule has 1 amide bonds. The average Bonchev–Trinajstić information content (AvgIpc) is 2.61. The summed E-state index contributed by atoms with van der Waals surface area (Å²) in [6, 6.07) is 8.53. The van der Waals surface area contributed by atoms with Crippen LogP contribution in [0.4, 0.5) is 0 Å². The zero-order valence-electron chi connectivity index (χ0n) is 14.6. The number of nitrogens with one attached hydrogen (secondary N) is 1. The summed E-state index contributed by atoms with van der Waals surface area (Å²) < 4.78 is 11.0. The minimum absolute atomic E-state index is 0.0613. The highest BCUT2D eigenvalue weighted by Crippen LogP contribution is 2.31. The van der Waals surface area contributed by atoms with Gasteiger partial charge in [0.15, 0.2) is 0 Å². The Balaban J connectivity index is 1.98. The van der Waals surface area contributed by atoms with E-state index in [1.165, 1.54) is 6.92 Å². The number of carbonyl (C=O) groups excluding carboxylic acids is 1. The average molecular weight is 377 g/mol. The first kappa shape index (κ1) is 19.8. The summed E-state index contributed by atoms with van der Waals surface area (Å²) in [4.78, 5) is 15.2. The highest BCUT2D eigenvalue weighted by atomic mass is 35.5. The highest BCUT2D eigenvalue weighted by molar-refractivity contribution is 6.32. The Morgan fingerprint density at radius 2 is 2.19 bits per heavy atom. The van der Waals surface area contributed by atoms with Gasteiger partial charge < -0.3 is 19.9 Å². The van der Waals surface area contributed by atoms with Gasteiger partial charge in [-0.2, -0.15) is 0 Å². The topological polar surface area (TPSA) is 80.7 Å². The Hall–Kier alpha value is -2.57. The fraction of sp³-hybridized carbons (Fsp3) is 0.263. The van der Waals surface area contributed by atoms with Gasteiger partial charge in [0, 0.05) is 31.3 Å². The molecule has 0 spiro atoms. The summed E-state index contributed by atoms with van der Waals surface area (Å²) in [5.74, 6) is 1.34. The monoisotopic (exact) mass is 376 g/mol. The van der Waals surface area contributed by atoms with Crippen molar-refractivity contribution in [2.75, 3.05) is 13.2 Å². The molecule has 0 bridgehead atoms. The van der Waals surface area contributed by atoms with Gasteiger partial charge in [-0.15, -0.1) is 0 Å². The van der Waals surface area contributed by atoms with Crippen LogP contribution in [-0.2, 0) is 4.79 Å². The maximum absolute atomic E-state index is 11.0. The number of aromatic nitrogens is 1. The van der Waals surface area contributed by atoms with Gasteiger partial charge in [-0.1, -0.05) is 23.8 Å². The molecular formula is C19H21ClN2O4. The number of ether oxygens (including phenoxy) is 2. The zero-order chi connectivity index (χ0) is 18.9. The lowest BCUT2D eigenvalue weighted by atomic mass is 10.2. The predicted molar refractivity (Wildman–Crippen MR) is 101 cm³/mol. The highest BCUT2D eigenvalue weighted by Gasteiger charge is 2.06. The van der Waals surface area contributed by atoms with Crippen LogP contribution >= 0.6 is 11.6 Å². The smallest absolute Gasteiger partial charge is 0.219 e. The first-order chi connectivity index (χ1) is 12.5. The van der Waals surface area contributed by atoms with E-state index < -0.39 is 0 Å². The van der Waals surface area contributed by atoms with Crippen LogP contribution in [0.1, 0.15) is 19.4 Å². The number of halogens is 1. The second-order valence-electron chi connectivity index (χ2n) is 5.54. The molecule has 1 aromatic carbocycles. The minimum Gasteiger partial charge on any atom is -0.491 e. The third kappa shape index (κ3) is 6.38. The molecule has 2 rings (SSSR count). The summed E-state index contributed by atoms with van der Waals surface area (Å²) in [6.45, 7) is 3.50. The van der Waals surface area contributed by atoms with Crippen molar-refractivity contribution < 1.29 is 19.4 Å². The predicted octanol–water partition coefficient (Wildman–Crippen LogP) is 3.44. The second-order valence-corrected chi connectivity index (χ2v) is 5.95. The maximum atomic E-state index is 11.0. The van der Waals surface area contributed by atoms with Gasteiger partial charge in [-0.3, -0.25) is 4.79 Å². The van der Waals surface area contributed by atoms with Crippen molar-refractivity contribution >= 4 is 23.6 Å². The Bertz CT molecular complexity index is 763. The molecule has 0 aliphatic heterocycles. The van der Waals surface area contributed by atoms with Gasteiger partial charge in [-0.25, -0.2) is 4.98 Å². The van der Waals surface area contributed by atoms with Crippen molar-refractivity contribution in [3.8, 4) is 17.4 Å². The molecule has 7 heteroatoms. The quantitative estimate of drug-likeness (QED) is 0.737. The summed E-state index contributed by atoms with van der Waals surface area (Å²) in [7, 11) is 0. The van der Waals surface area contributed by atoms with E-state index >= 15 is 0 Å². The molecular weight excluding hydrogens is 356 g/mol. The molecule has 0 fully saturated rings. The fourth-order valence-corrected chi connectivity index (χ4v) is 2.31. The summed E-state index contributed by atoms with van der Waals surface area (Å²) in [5.41, 5.74) is 0.883. The lowest BCUT2D eigenvalue weighted by Crippen LogP contribution is -2.28. The molecule has 2 aromatic rings. The van der Waals surface area contributed by atoms with Crippen LogP contribution in [0.5, 0.6) is 17.4 Å². The van der Waals surface area contributed by atoms with E-state index in [1.54, 1.807) is 30.5 Å². The molecule has 0 radical (unpaired) electrons. The van der Waals surface area contributed by atoms with Gasteiger partial charge >= 0.3 is 0 Å². The lowest BCUT2D eigenvalue weighted by molar-refractivity contribution is -0.119. The number of aliphatic hydroxyl groups is 1. The minimum atomic E-state index is -0.0753. The molecule has 0 saturated heterocycles. The van der Waals surface area contributed by atoms with E-state index in [4.69, 9.17) is 26.2 Å². The first-order valence-corrected chi connectivity index (χ1v) is 8.48. The lowest BCUT2D eigenvalue weighted by Gasteiger charge is -2.09. The Morgan fingerprint density at radius 1 is 1.38 bits per heavy atom. The molecule has 0 aliphatic rings. The number of amides is 1. The summed E-state index contributed by atoms with van der Waals surface area (Å²) in [6.07, 6.45) is 5.41. The number of hydrogen-bond donors (Lipinski definition) is 2. The zero-order valence-corrected chi connectivity index (χ0v) is 15.4. The van der Waals surface area contributed by atoms with Gasteiger partial charge in [0.05, 0.1) is 11.6 Å². The van der Waals surface area contributed by atoms with Gasteiger partial charge in [0.25, 0.3) is 0 Å². The number of benzene rings is 1. The molecule has 138 valence electrons. The number of hydrogen-bond acceptors (Lipinski definition) is 5. The van der Waals surface area contributed by atoms with Gasteiger partial charge in [0.2, 0.25) is 11.8 Å². The molecule has 0 saturated carbocycles. The number of rotatable bonds is 8. The van der Waals surface area contributed by atoms with Crippen LogP contribution in [0.25, 0.3) is 6.08 Å². The Kier molecular flexibility index (Phi) is 7.44. The number of aliphatic hydroxyl groups excluding tert-OH is 1. The first-order valence-electron chi connectivity index (χ1n) is 8.10. The van der Waals surface area contributed by atoms with E-state index in [9.17, 15) is 4.79 Å². The van der Waals surface area contributed by atoms with Crippen molar-refractivity contribution in [2.24, 2.45) is 0 Å². The molecule has 2 N–H and O–H groups in total. The normalized spacial score (nSPS) is 12.0. The number of carbonyl (C=O) groups is 1. The third-order valence-corrected chi connectivity index (χ3v) is 3.54. The third-order valence-electron chi connectivity index (χ3n) is 3.25. The van der Waals surface area contributed by atoms with Crippen molar-refractivity contribution in [3.05, 3.63) is 53.2 Å². The fourth-order valence-electron chi connectivity index (χ4n) is 2.11. The van der Waals surface area contributed by atoms with Crippen LogP contribution in [0.2, 0.25) is 5.02 Å². The van der Waals surface area contributed by atoms with Crippen molar-refractivity contribution in [3.63, 3.8) is 0 Å². The molecule has 1 atom stereocenters. The standard InChI is InChI=1S/C19H21ClN2O4/c1-13(22-14(2)24)3-4-15-5-8-19(21-12-15)26-18-7-6-16(11-17(18)20)25-10-9-23/h3-8,11-13,23H,9-10H2,1-2H3,(H,22,24)/b4-3+/t13-/m0/s1. The van der Waals surface area contributed by atoms with E-state index in [1.807, 2.05) is 25.1 Å². The maximum Gasteiger partial charge on any atom is 0.219 e. The Labute approximate surface area is 157 Å². The second kappa shape index (κ2) is 9.79. The van der Waals surface area contributed by atoms with Crippen LogP contribution in [0.3, 0.4) is 0 Å². The van der Waals surface area contributed by atoms with E-state index in [0.717, 1.165) is 5.56 Å². The summed E-state index contributed by atoms with van der Waals surface area (Å²) in [5, 5.41) is 11.9. The summed E-state index contributed by atoms with van der Waals surface area (Å²) >= 11 is 6.17. The SMILES string of the molecule is CC(=O)N[C@@H](C)/C=C/c1ccc(Oc2ccc(OCCO)cc2Cl)nc1. The van der Waals surface area contributed by atoms with E-state index in [0.29, 0.717) is 22.4 Å². The number of nitrogens with zero attached hydrogens (tertiary/aromatic N) is 1. The van der Waals surface area contributed by atoms with Crippen LogP contribution < -0.4 is 14.8 Å². The Morgan fingerprint density at radius 3 is 2.81 bits per heavy atom. The molecule has 1 heterocycles. The molecule has 6 nitrogen and oxygen atoms in total. The van der Waals surface area contributed by atoms with Crippen LogP contribution in [0, 0.1) is 0 Å².